The van der Waals surface area contributed by atoms with E-state index in [0.717, 1.165) is 13.2 Å². The second-order valence-corrected chi connectivity index (χ2v) is 4.22. The lowest BCUT2D eigenvalue weighted by molar-refractivity contribution is -0.154. The minimum Gasteiger partial charge on any atom is -0.467 e. The highest BCUT2D eigenvalue weighted by atomic mass is 32.1. The van der Waals surface area contributed by atoms with Crippen molar-refractivity contribution >= 4 is 35.0 Å². The minimum atomic E-state index is -1.83. The van der Waals surface area contributed by atoms with Crippen molar-refractivity contribution in [2.24, 2.45) is 5.92 Å². The second kappa shape index (κ2) is 5.58. The number of carbonyl (C=O) groups excluding carboxylic acids is 3. The Morgan fingerprint density at radius 1 is 1.68 bits per heavy atom. The molecule has 0 radical (unpaired) electrons. The Hall–Kier alpha value is -2.27. The van der Waals surface area contributed by atoms with E-state index >= 15 is 0 Å². The van der Waals surface area contributed by atoms with Crippen LogP contribution < -0.4 is 10.6 Å². The van der Waals surface area contributed by atoms with Crippen molar-refractivity contribution in [3.8, 4) is 6.07 Å². The van der Waals surface area contributed by atoms with E-state index < -0.39 is 35.5 Å². The Morgan fingerprint density at radius 3 is 2.79 bits per heavy atom. The van der Waals surface area contributed by atoms with Gasteiger partial charge in [-0.3, -0.25) is 9.59 Å². The highest BCUT2D eigenvalue weighted by Gasteiger charge is 2.55. The lowest BCUT2D eigenvalue weighted by Gasteiger charge is -2.38. The first-order valence-electron chi connectivity index (χ1n) is 5.17. The molecule has 19 heavy (non-hydrogen) atoms. The van der Waals surface area contributed by atoms with E-state index in [0.29, 0.717) is 0 Å². The van der Waals surface area contributed by atoms with Crippen molar-refractivity contribution < 1.29 is 19.1 Å². The zero-order valence-corrected chi connectivity index (χ0v) is 10.9. The number of nitrogens with one attached hydrogen (secondary N) is 2. The summed E-state index contributed by atoms with van der Waals surface area (Å²) in [5.41, 5.74) is -1.83. The summed E-state index contributed by atoms with van der Waals surface area (Å²) in [5.74, 6) is -3.62. The van der Waals surface area contributed by atoms with Gasteiger partial charge < -0.3 is 15.4 Å². The van der Waals surface area contributed by atoms with E-state index in [2.05, 4.69) is 21.9 Å². The van der Waals surface area contributed by atoms with Gasteiger partial charge in [-0.25, -0.2) is 4.79 Å². The lowest BCUT2D eigenvalue weighted by atomic mass is 9.78. The summed E-state index contributed by atoms with van der Waals surface area (Å²) in [6, 6.07) is 1.69. The van der Waals surface area contributed by atoms with Crippen LogP contribution in [0.2, 0.25) is 0 Å². The van der Waals surface area contributed by atoms with E-state index in [4.69, 9.17) is 17.5 Å². The normalized spacial score (nSPS) is 25.6. The van der Waals surface area contributed by atoms with Crippen molar-refractivity contribution in [1.82, 2.24) is 10.6 Å². The molecule has 0 aromatic rings. The first kappa shape index (κ1) is 14.8. The second-order valence-electron chi connectivity index (χ2n) is 3.82. The maximum Gasteiger partial charge on any atom is 0.334 e. The molecule has 1 rings (SSSR count). The van der Waals surface area contributed by atoms with Crippen LogP contribution in [0, 0.1) is 17.2 Å². The van der Waals surface area contributed by atoms with Gasteiger partial charge in [0.2, 0.25) is 5.91 Å². The van der Waals surface area contributed by atoms with Crippen LogP contribution in [0.3, 0.4) is 0 Å². The first-order chi connectivity index (χ1) is 8.91. The lowest BCUT2D eigenvalue weighted by Crippen LogP contribution is -2.70. The number of esters is 1. The van der Waals surface area contributed by atoms with Crippen molar-refractivity contribution in [1.29, 1.82) is 5.26 Å². The largest absolute Gasteiger partial charge is 0.467 e. The standard InChI is InChI=1S/C11H11N3O4S/c1-3-6(15)4-11(9(17)18-2)7(5-12)8(16)13-10(19)14-11/h3,7H,1,4H2,2H3,(H2,13,14,16,19). The number of amides is 1. The van der Waals surface area contributed by atoms with Gasteiger partial charge in [0, 0.05) is 6.42 Å². The smallest absolute Gasteiger partial charge is 0.334 e. The number of carbonyl (C=O) groups is 3. The van der Waals surface area contributed by atoms with Gasteiger partial charge in [-0.1, -0.05) is 6.58 Å². The molecule has 0 saturated carbocycles. The molecule has 0 aromatic heterocycles. The SMILES string of the molecule is C=CC(=O)CC1(C(=O)OC)NC(=S)NC(=O)C1C#N. The predicted octanol–water partition coefficient (Wildman–Crippen LogP) is -0.813. The number of nitriles is 1. The fourth-order valence-electron chi connectivity index (χ4n) is 1.80. The zero-order valence-electron chi connectivity index (χ0n) is 10.1. The molecule has 1 aliphatic rings. The summed E-state index contributed by atoms with van der Waals surface area (Å²) in [5, 5.41) is 13.7. The fraction of sp³-hybridized carbons (Fsp3) is 0.364. The third kappa shape index (κ3) is 2.61. The number of rotatable bonds is 4. The third-order valence-electron chi connectivity index (χ3n) is 2.69. The number of ketones is 1. The number of allylic oxidation sites excluding steroid dienone is 1. The van der Waals surface area contributed by atoms with Gasteiger partial charge in [0.1, 0.15) is 0 Å². The maximum absolute atomic E-state index is 11.9. The highest BCUT2D eigenvalue weighted by molar-refractivity contribution is 7.80. The third-order valence-corrected chi connectivity index (χ3v) is 2.89. The summed E-state index contributed by atoms with van der Waals surface area (Å²) in [6.45, 7) is 3.29. The number of thiocarbonyl (C=S) groups is 1. The molecule has 0 bridgehead atoms. The Bertz CT molecular complexity index is 511. The Labute approximate surface area is 114 Å². The van der Waals surface area contributed by atoms with Crippen LogP contribution >= 0.6 is 12.2 Å². The summed E-state index contributed by atoms with van der Waals surface area (Å²) < 4.78 is 4.59. The predicted molar refractivity (Wildman–Crippen MR) is 67.5 cm³/mol. The maximum atomic E-state index is 11.9. The molecule has 1 saturated heterocycles. The molecule has 1 heterocycles. The summed E-state index contributed by atoms with van der Waals surface area (Å²) in [4.78, 5) is 35.2. The van der Waals surface area contributed by atoms with Crippen LogP contribution in [0.4, 0.5) is 0 Å². The van der Waals surface area contributed by atoms with Crippen LogP contribution in [-0.2, 0) is 19.1 Å². The first-order valence-corrected chi connectivity index (χ1v) is 5.58. The molecule has 1 aliphatic heterocycles. The van der Waals surface area contributed by atoms with E-state index in [9.17, 15) is 14.4 Å². The average molecular weight is 281 g/mol. The highest BCUT2D eigenvalue weighted by Crippen LogP contribution is 2.27. The summed E-state index contributed by atoms with van der Waals surface area (Å²) in [6.07, 6.45) is 0.547. The van der Waals surface area contributed by atoms with Gasteiger partial charge in [-0.05, 0) is 18.3 Å². The van der Waals surface area contributed by atoms with Gasteiger partial charge >= 0.3 is 5.97 Å². The molecule has 0 aliphatic carbocycles. The number of ether oxygens (including phenoxy) is 1. The van der Waals surface area contributed by atoms with E-state index in [1.165, 1.54) is 0 Å². The van der Waals surface area contributed by atoms with Crippen LogP contribution in [0.1, 0.15) is 6.42 Å². The molecule has 0 aromatic carbocycles. The fourth-order valence-corrected chi connectivity index (χ4v) is 2.08. The summed E-state index contributed by atoms with van der Waals surface area (Å²) >= 11 is 4.79. The van der Waals surface area contributed by atoms with Crippen LogP contribution in [0.5, 0.6) is 0 Å². The van der Waals surface area contributed by atoms with Crippen molar-refractivity contribution in [3.05, 3.63) is 12.7 Å². The monoisotopic (exact) mass is 281 g/mol. The number of hydrogen-bond acceptors (Lipinski definition) is 6. The van der Waals surface area contributed by atoms with Crippen LogP contribution in [0.15, 0.2) is 12.7 Å². The van der Waals surface area contributed by atoms with Crippen molar-refractivity contribution in [2.45, 2.75) is 12.0 Å². The molecular weight excluding hydrogens is 270 g/mol. The van der Waals surface area contributed by atoms with Crippen LogP contribution in [0.25, 0.3) is 0 Å². The van der Waals surface area contributed by atoms with E-state index in [1.807, 2.05) is 0 Å². The van der Waals surface area contributed by atoms with Crippen molar-refractivity contribution in [3.63, 3.8) is 0 Å². The van der Waals surface area contributed by atoms with Gasteiger partial charge in [0.25, 0.3) is 0 Å². The molecule has 1 fully saturated rings. The Kier molecular flexibility index (Phi) is 4.34. The minimum absolute atomic E-state index is 0.140. The number of methoxy groups -OCH3 is 1. The number of hydrogen-bond donors (Lipinski definition) is 2. The van der Waals surface area contributed by atoms with Gasteiger partial charge in [0.15, 0.2) is 22.4 Å². The van der Waals surface area contributed by atoms with Gasteiger partial charge in [-0.2, -0.15) is 5.26 Å². The van der Waals surface area contributed by atoms with Gasteiger partial charge in [-0.15, -0.1) is 0 Å². The Balaban J connectivity index is 3.33. The van der Waals surface area contributed by atoms with E-state index in [1.54, 1.807) is 6.07 Å². The quantitative estimate of drug-likeness (QED) is 0.394. The zero-order chi connectivity index (χ0) is 14.6. The molecule has 100 valence electrons. The molecule has 1 amide bonds. The topological polar surface area (TPSA) is 108 Å². The number of nitrogens with zero attached hydrogens (tertiary/aromatic N) is 1. The Morgan fingerprint density at radius 2 is 2.32 bits per heavy atom. The van der Waals surface area contributed by atoms with E-state index in [-0.39, 0.29) is 5.11 Å². The molecule has 2 unspecified atom stereocenters. The molecule has 0 spiro atoms. The molecule has 8 heteroatoms. The molecule has 2 N–H and O–H groups in total. The molecule has 2 atom stereocenters. The summed E-state index contributed by atoms with van der Waals surface area (Å²) in [7, 11) is 1.09. The van der Waals surface area contributed by atoms with Crippen LogP contribution in [-0.4, -0.2) is 35.4 Å². The molecule has 7 nitrogen and oxygen atoms in total. The average Bonchev–Trinajstić information content (AvgIpc) is 2.36. The molecular formula is C11H11N3O4S. The van der Waals surface area contributed by atoms with Crippen molar-refractivity contribution in [2.75, 3.05) is 7.11 Å². The van der Waals surface area contributed by atoms with Gasteiger partial charge in [0.05, 0.1) is 13.2 Å².